The van der Waals surface area contributed by atoms with Crippen molar-refractivity contribution in [2.24, 2.45) is 0 Å². The summed E-state index contributed by atoms with van der Waals surface area (Å²) in [5.74, 6) is -1.39. The number of anilines is 1. The van der Waals surface area contributed by atoms with Gasteiger partial charge < -0.3 is 44.7 Å². The monoisotopic (exact) mass is 1180 g/mol. The van der Waals surface area contributed by atoms with Gasteiger partial charge in [-0.3, -0.25) is 19.7 Å². The molecule has 0 spiro atoms. The van der Waals surface area contributed by atoms with Gasteiger partial charge in [-0.1, -0.05) is 54.1 Å². The zero-order valence-electron chi connectivity index (χ0n) is 42.1. The third kappa shape index (κ3) is 13.3. The molecule has 0 unspecified atom stereocenters. The number of H-pyrrole nitrogens is 1. The molecule has 8 N–H and O–H groups in total. The predicted octanol–water partition coefficient (Wildman–Crippen LogP) is 6.35. The van der Waals surface area contributed by atoms with Gasteiger partial charge in [0.05, 0.1) is 50.3 Å². The molecule has 416 valence electrons. The standard InChI is InChI=1S/C39H43ClN4O9S2.2C7H5NO3S/c1-44(24-7-9-25(10-8-24)53-37(48)39(50,33-5-3-17-54-33)34-6-4-18-55-34)15-16-52-38(49)42-29-20-32(51-2)23(19-28(29)40)21-41-22-31(46)26-11-13-30(45)36-27(26)12-14-35(47)43-36;2*9-7-5-3-1-2-4-6(5)12(10,11)8-7/h3-6,11-14,17-20,24-25,31,41,45-46,50H,7-10,15-16,21-22H2,1-2H3,(H,42,49)(H,43,47);2*1-4H,(H,8,9)/t24?,25?,31-;;/m0../s1. The topological polar surface area (TPSA) is 309 Å². The van der Waals surface area contributed by atoms with Gasteiger partial charge in [-0.15, -0.1) is 22.7 Å². The van der Waals surface area contributed by atoms with E-state index in [1.807, 2.05) is 27.3 Å². The highest BCUT2D eigenvalue weighted by Gasteiger charge is 2.45. The van der Waals surface area contributed by atoms with Crippen molar-refractivity contribution in [3.05, 3.63) is 167 Å². The second-order valence-electron chi connectivity index (χ2n) is 18.2. The van der Waals surface area contributed by atoms with Crippen LogP contribution >= 0.6 is 34.3 Å². The van der Waals surface area contributed by atoms with Crippen molar-refractivity contribution < 1.29 is 65.5 Å². The van der Waals surface area contributed by atoms with E-state index in [-0.39, 0.29) is 74.6 Å². The van der Waals surface area contributed by atoms with Gasteiger partial charge in [0.1, 0.15) is 34.0 Å². The number of benzene rings is 4. The van der Waals surface area contributed by atoms with Crippen LogP contribution in [0.2, 0.25) is 5.02 Å². The summed E-state index contributed by atoms with van der Waals surface area (Å²) >= 11 is 9.16. The highest BCUT2D eigenvalue weighted by Crippen LogP contribution is 2.39. The average Bonchev–Trinajstić information content (AvgIpc) is 4.30. The van der Waals surface area contributed by atoms with E-state index in [9.17, 15) is 56.1 Å². The van der Waals surface area contributed by atoms with Gasteiger partial charge in [-0.25, -0.2) is 35.9 Å². The lowest BCUT2D eigenvalue weighted by molar-refractivity contribution is -0.169. The van der Waals surface area contributed by atoms with Crippen LogP contribution in [0.5, 0.6) is 11.5 Å². The fourth-order valence-corrected chi connectivity index (χ4v) is 13.3. The first kappa shape index (κ1) is 58.0. The number of pyridine rings is 1. The van der Waals surface area contributed by atoms with Crippen molar-refractivity contribution in [2.75, 3.05) is 39.2 Å². The van der Waals surface area contributed by atoms with E-state index in [4.69, 9.17) is 25.8 Å². The number of ether oxygens (including phenoxy) is 3. The Kier molecular flexibility index (Phi) is 18.2. The van der Waals surface area contributed by atoms with E-state index >= 15 is 0 Å². The zero-order chi connectivity index (χ0) is 56.6. The summed E-state index contributed by atoms with van der Waals surface area (Å²) in [5, 5.41) is 42.9. The summed E-state index contributed by atoms with van der Waals surface area (Å²) < 4.78 is 65.2. The smallest absolute Gasteiger partial charge is 0.411 e. The molecular weight excluding hydrogens is 1120 g/mol. The fraction of sp³-hybridized carbons (Fsp3) is 0.264. The molecule has 0 bridgehead atoms. The van der Waals surface area contributed by atoms with Gasteiger partial charge >= 0.3 is 12.1 Å². The van der Waals surface area contributed by atoms with E-state index in [1.165, 1.54) is 66.2 Å². The van der Waals surface area contributed by atoms with Crippen molar-refractivity contribution in [3.63, 3.8) is 0 Å². The van der Waals surface area contributed by atoms with Gasteiger partial charge in [-0.2, -0.15) is 0 Å². The number of nitrogens with zero attached hydrogens (tertiary/aromatic N) is 1. The zero-order valence-corrected chi connectivity index (χ0v) is 46.2. The first-order valence-electron chi connectivity index (χ1n) is 24.3. The molecule has 2 aliphatic heterocycles. The summed E-state index contributed by atoms with van der Waals surface area (Å²) in [4.78, 5) is 65.7. The van der Waals surface area contributed by atoms with Gasteiger partial charge in [0.2, 0.25) is 11.2 Å². The SMILES string of the molecule is COc1cc(NC(=O)OCCN(C)C2CCC(OC(=O)C(O)(c3cccs3)c3cccs3)CC2)c(Cl)cc1CNC[C@H](O)c1ccc(O)c2[nH]c(=O)ccc12.O=C1NS(=O)(=O)c2ccccc21.O=C1NS(=O)(=O)c2ccccc21. The number of fused-ring (bicyclic) bond motifs is 3. The normalized spacial score (nSPS) is 17.1. The first-order valence-corrected chi connectivity index (χ1v) is 29.4. The summed E-state index contributed by atoms with van der Waals surface area (Å²) in [6, 6.07) is 28.6. The van der Waals surface area contributed by atoms with Crippen LogP contribution in [0, 0.1) is 0 Å². The number of phenols is 1. The lowest BCUT2D eigenvalue weighted by Gasteiger charge is -2.35. The number of hydrogen-bond donors (Lipinski definition) is 8. The Hall–Kier alpha value is -7.20. The highest BCUT2D eigenvalue weighted by atomic mass is 35.5. The minimum atomic E-state index is -3.55. The Morgan fingerprint density at radius 1 is 0.823 bits per heavy atom. The molecule has 0 radical (unpaired) electrons. The number of esters is 1. The van der Waals surface area contributed by atoms with Gasteiger partial charge in [-0.05, 0) is 104 Å². The maximum atomic E-state index is 13.3. The molecule has 4 aromatic carbocycles. The summed E-state index contributed by atoms with van der Waals surface area (Å²) in [6.07, 6.45) is 0.933. The Balaban J connectivity index is 0.000000276. The Morgan fingerprint density at radius 3 is 1.97 bits per heavy atom. The van der Waals surface area contributed by atoms with Crippen molar-refractivity contribution in [2.45, 2.75) is 65.9 Å². The molecule has 79 heavy (non-hydrogen) atoms. The van der Waals surface area contributed by atoms with Gasteiger partial charge in [0, 0.05) is 48.8 Å². The Labute approximate surface area is 466 Å². The van der Waals surface area contributed by atoms with Crippen LogP contribution in [0.1, 0.15) is 73.4 Å². The molecule has 21 nitrogen and oxygen atoms in total. The second kappa shape index (κ2) is 24.9. The Morgan fingerprint density at radius 2 is 1.42 bits per heavy atom. The van der Waals surface area contributed by atoms with E-state index < -0.39 is 55.6 Å². The number of aromatic hydroxyl groups is 1. The number of thiophene rings is 2. The highest BCUT2D eigenvalue weighted by molar-refractivity contribution is 7.91. The lowest BCUT2D eigenvalue weighted by atomic mass is 9.91. The fourth-order valence-electron chi connectivity index (χ4n) is 9.01. The van der Waals surface area contributed by atoms with E-state index in [1.54, 1.807) is 72.8 Å². The van der Waals surface area contributed by atoms with Crippen LogP contribution in [-0.2, 0) is 46.5 Å². The van der Waals surface area contributed by atoms with Crippen LogP contribution in [0.25, 0.3) is 10.9 Å². The number of carbonyl (C=O) groups excluding carboxylic acids is 4. The third-order valence-electron chi connectivity index (χ3n) is 13.1. The largest absolute Gasteiger partial charge is 0.506 e. The number of amides is 3. The van der Waals surface area contributed by atoms with Gasteiger partial charge in [0.15, 0.2) is 0 Å². The molecule has 1 saturated carbocycles. The molecule has 3 aromatic heterocycles. The third-order valence-corrected chi connectivity index (χ3v) is 18.1. The number of halogens is 1. The quantitative estimate of drug-likeness (QED) is 0.0519. The summed E-state index contributed by atoms with van der Waals surface area (Å²) in [5.41, 5.74) is 0.0287. The number of rotatable bonds is 15. The molecular formula is C53H53ClN6O15S4. The molecule has 0 saturated heterocycles. The van der Waals surface area contributed by atoms with Crippen LogP contribution in [0.4, 0.5) is 10.5 Å². The molecule has 26 heteroatoms. The number of phenolic OH excluding ortho intramolecular Hbond substituents is 1. The number of sulfonamides is 2. The molecule has 3 amide bonds. The number of aliphatic hydroxyl groups is 2. The molecule has 1 aliphatic carbocycles. The number of aliphatic hydroxyl groups excluding tert-OH is 1. The number of methoxy groups -OCH3 is 1. The summed E-state index contributed by atoms with van der Waals surface area (Å²) in [7, 11) is -3.65. The van der Waals surface area contributed by atoms with Crippen molar-refractivity contribution in [1.82, 2.24) is 24.6 Å². The second-order valence-corrected chi connectivity index (χ2v) is 23.8. The number of aromatic amines is 1. The van der Waals surface area contributed by atoms with Crippen LogP contribution in [0.3, 0.4) is 0 Å². The van der Waals surface area contributed by atoms with E-state index in [2.05, 4.69) is 20.5 Å². The van der Waals surface area contributed by atoms with Crippen molar-refractivity contribution in [1.29, 1.82) is 0 Å². The predicted molar refractivity (Wildman–Crippen MR) is 294 cm³/mol. The molecule has 3 aliphatic rings. The first-order chi connectivity index (χ1) is 37.7. The average molecular weight is 1180 g/mol. The number of likely N-dealkylation sites (N-methyl/N-ethyl adjacent to an activating group) is 1. The number of hydrogen-bond acceptors (Lipinski definition) is 19. The minimum absolute atomic E-state index is 0.0648. The molecule has 5 heterocycles. The number of carbonyl (C=O) groups is 4. The summed E-state index contributed by atoms with van der Waals surface area (Å²) in [6.45, 7) is 1.05. The van der Waals surface area contributed by atoms with E-state index in [0.717, 1.165) is 12.8 Å². The molecule has 1 atom stereocenters. The van der Waals surface area contributed by atoms with Crippen LogP contribution in [-0.4, -0.2) is 112 Å². The van der Waals surface area contributed by atoms with Crippen molar-refractivity contribution in [3.8, 4) is 11.5 Å². The van der Waals surface area contributed by atoms with Gasteiger partial charge in [0.25, 0.3) is 31.9 Å². The lowest BCUT2D eigenvalue weighted by Crippen LogP contribution is -2.42. The molecule has 1 fully saturated rings. The molecule has 7 aromatic rings. The van der Waals surface area contributed by atoms with E-state index in [0.29, 0.717) is 57.1 Å². The number of nitrogens with one attached hydrogen (secondary N) is 5. The molecule has 10 rings (SSSR count). The van der Waals surface area contributed by atoms with Crippen LogP contribution < -0.4 is 30.4 Å². The van der Waals surface area contributed by atoms with Crippen molar-refractivity contribution >= 4 is 94.8 Å². The minimum Gasteiger partial charge on any atom is -0.506 e. The Bertz CT molecular complexity index is 3540. The van der Waals surface area contributed by atoms with Crippen LogP contribution in [0.15, 0.2) is 135 Å². The number of aromatic nitrogens is 1. The maximum Gasteiger partial charge on any atom is 0.411 e. The maximum absolute atomic E-state index is 13.3.